The summed E-state index contributed by atoms with van der Waals surface area (Å²) in [5, 5.41) is 9.25. The van der Waals surface area contributed by atoms with Crippen LogP contribution in [-0.2, 0) is 9.59 Å². The Hall–Kier alpha value is -1.10. The summed E-state index contributed by atoms with van der Waals surface area (Å²) in [5.74, 6) is -0.865. The molecule has 98 valence electrons. The average molecular weight is 242 g/mol. The lowest BCUT2D eigenvalue weighted by molar-refractivity contribution is -0.155. The number of hydrogen-bond acceptors (Lipinski definition) is 3. The van der Waals surface area contributed by atoms with Crippen molar-refractivity contribution in [2.24, 2.45) is 17.1 Å². The van der Waals surface area contributed by atoms with Crippen LogP contribution in [-0.4, -0.2) is 41.5 Å². The Morgan fingerprint density at radius 1 is 1.41 bits per heavy atom. The highest BCUT2D eigenvalue weighted by molar-refractivity contribution is 5.80. The largest absolute Gasteiger partial charge is 0.481 e. The molecule has 0 spiro atoms. The Bertz CT molecular complexity index is 296. The quantitative estimate of drug-likeness (QED) is 0.759. The summed E-state index contributed by atoms with van der Waals surface area (Å²) in [4.78, 5) is 24.9. The summed E-state index contributed by atoms with van der Waals surface area (Å²) >= 11 is 0. The molecule has 1 amide bonds. The molecule has 1 fully saturated rings. The molecule has 0 bridgehead atoms. The van der Waals surface area contributed by atoms with Crippen molar-refractivity contribution >= 4 is 11.9 Å². The van der Waals surface area contributed by atoms with E-state index in [-0.39, 0.29) is 11.8 Å². The van der Waals surface area contributed by atoms with Crippen molar-refractivity contribution in [2.75, 3.05) is 19.6 Å². The lowest BCUT2D eigenvalue weighted by Gasteiger charge is -2.39. The second-order valence-electron chi connectivity index (χ2n) is 4.90. The number of amides is 1. The zero-order valence-electron chi connectivity index (χ0n) is 10.6. The van der Waals surface area contributed by atoms with Gasteiger partial charge in [-0.1, -0.05) is 13.8 Å². The predicted molar refractivity (Wildman–Crippen MR) is 64.4 cm³/mol. The van der Waals surface area contributed by atoms with Gasteiger partial charge in [-0.3, -0.25) is 9.59 Å². The highest BCUT2D eigenvalue weighted by atomic mass is 16.4. The second-order valence-corrected chi connectivity index (χ2v) is 4.90. The molecule has 1 unspecified atom stereocenters. The van der Waals surface area contributed by atoms with Crippen molar-refractivity contribution in [3.63, 3.8) is 0 Å². The first-order valence-corrected chi connectivity index (χ1v) is 6.19. The summed E-state index contributed by atoms with van der Waals surface area (Å²) in [6, 6.07) is 0. The van der Waals surface area contributed by atoms with Crippen LogP contribution in [0.4, 0.5) is 0 Å². The SMILES string of the molecule is CCC1(C(=O)O)CCN(C(=O)C(C)CN)CC1. The molecule has 1 atom stereocenters. The number of piperidine rings is 1. The summed E-state index contributed by atoms with van der Waals surface area (Å²) in [6.07, 6.45) is 1.71. The lowest BCUT2D eigenvalue weighted by atomic mass is 9.76. The minimum Gasteiger partial charge on any atom is -0.481 e. The highest BCUT2D eigenvalue weighted by Crippen LogP contribution is 2.35. The first-order valence-electron chi connectivity index (χ1n) is 6.19. The molecule has 5 heteroatoms. The predicted octanol–water partition coefficient (Wildman–Crippen LogP) is 0.685. The minimum atomic E-state index is -0.737. The molecule has 0 aromatic carbocycles. The standard InChI is InChI=1S/C12H22N2O3/c1-3-12(11(16)17)4-6-14(7-5-12)10(15)9(2)8-13/h9H,3-8,13H2,1-2H3,(H,16,17). The molecular weight excluding hydrogens is 220 g/mol. The Balaban J connectivity index is 2.61. The molecule has 0 saturated carbocycles. The smallest absolute Gasteiger partial charge is 0.309 e. The Kier molecular flexibility index (Phi) is 4.51. The van der Waals surface area contributed by atoms with Crippen LogP contribution in [0.2, 0.25) is 0 Å². The molecule has 17 heavy (non-hydrogen) atoms. The van der Waals surface area contributed by atoms with E-state index in [2.05, 4.69) is 0 Å². The topological polar surface area (TPSA) is 83.6 Å². The van der Waals surface area contributed by atoms with Crippen LogP contribution < -0.4 is 5.73 Å². The monoisotopic (exact) mass is 242 g/mol. The van der Waals surface area contributed by atoms with Crippen molar-refractivity contribution in [1.29, 1.82) is 0 Å². The van der Waals surface area contributed by atoms with Gasteiger partial charge in [-0.25, -0.2) is 0 Å². The van der Waals surface area contributed by atoms with Crippen LogP contribution >= 0.6 is 0 Å². The van der Waals surface area contributed by atoms with Crippen LogP contribution in [0.5, 0.6) is 0 Å². The van der Waals surface area contributed by atoms with E-state index in [1.807, 2.05) is 6.92 Å². The maximum absolute atomic E-state index is 11.9. The third kappa shape index (κ3) is 2.77. The molecule has 0 radical (unpaired) electrons. The van der Waals surface area contributed by atoms with E-state index >= 15 is 0 Å². The summed E-state index contributed by atoms with van der Waals surface area (Å²) in [7, 11) is 0. The highest BCUT2D eigenvalue weighted by Gasteiger charge is 2.41. The van der Waals surface area contributed by atoms with Crippen LogP contribution in [0.3, 0.4) is 0 Å². The number of hydrogen-bond donors (Lipinski definition) is 2. The molecule has 1 aliphatic heterocycles. The normalized spacial score (nSPS) is 21.0. The summed E-state index contributed by atoms with van der Waals surface area (Å²) in [5.41, 5.74) is 4.83. The first kappa shape index (κ1) is 14.0. The van der Waals surface area contributed by atoms with Crippen LogP contribution in [0.15, 0.2) is 0 Å². The van der Waals surface area contributed by atoms with Crippen LogP contribution in [0.1, 0.15) is 33.1 Å². The number of carbonyl (C=O) groups is 2. The van der Waals surface area contributed by atoms with Gasteiger partial charge in [0.05, 0.1) is 5.41 Å². The number of carbonyl (C=O) groups excluding carboxylic acids is 1. The average Bonchev–Trinajstić information content (AvgIpc) is 2.36. The molecule has 0 aliphatic carbocycles. The number of rotatable bonds is 4. The van der Waals surface area contributed by atoms with E-state index in [4.69, 9.17) is 5.73 Å². The van der Waals surface area contributed by atoms with Gasteiger partial charge in [0.2, 0.25) is 5.91 Å². The molecule has 0 aromatic heterocycles. The number of carboxylic acids is 1. The fraction of sp³-hybridized carbons (Fsp3) is 0.833. The lowest BCUT2D eigenvalue weighted by Crippen LogP contribution is -2.48. The van der Waals surface area contributed by atoms with Gasteiger partial charge in [-0.15, -0.1) is 0 Å². The van der Waals surface area contributed by atoms with Crippen molar-refractivity contribution < 1.29 is 14.7 Å². The molecule has 1 rings (SSSR count). The minimum absolute atomic E-state index is 0.0441. The number of nitrogens with zero attached hydrogens (tertiary/aromatic N) is 1. The first-order chi connectivity index (χ1) is 7.96. The molecule has 1 aliphatic rings. The number of aliphatic carboxylic acids is 1. The Labute approximate surface area is 102 Å². The van der Waals surface area contributed by atoms with Crippen LogP contribution in [0.25, 0.3) is 0 Å². The van der Waals surface area contributed by atoms with E-state index in [0.717, 1.165) is 0 Å². The zero-order chi connectivity index (χ0) is 13.1. The molecule has 1 heterocycles. The summed E-state index contributed by atoms with van der Waals surface area (Å²) in [6.45, 7) is 5.11. The molecule has 5 nitrogen and oxygen atoms in total. The Morgan fingerprint density at radius 3 is 2.29 bits per heavy atom. The van der Waals surface area contributed by atoms with Gasteiger partial charge in [0.15, 0.2) is 0 Å². The third-order valence-electron chi connectivity index (χ3n) is 3.94. The van der Waals surface area contributed by atoms with E-state index in [1.54, 1.807) is 11.8 Å². The Morgan fingerprint density at radius 2 is 1.94 bits per heavy atom. The van der Waals surface area contributed by atoms with E-state index in [1.165, 1.54) is 0 Å². The third-order valence-corrected chi connectivity index (χ3v) is 3.94. The van der Waals surface area contributed by atoms with Crippen molar-refractivity contribution in [3.8, 4) is 0 Å². The van der Waals surface area contributed by atoms with Crippen molar-refractivity contribution in [1.82, 2.24) is 4.90 Å². The number of carboxylic acid groups (broad SMARTS) is 1. The van der Waals surface area contributed by atoms with Crippen molar-refractivity contribution in [3.05, 3.63) is 0 Å². The van der Waals surface area contributed by atoms with E-state index in [0.29, 0.717) is 38.9 Å². The number of likely N-dealkylation sites (tertiary alicyclic amines) is 1. The van der Waals surface area contributed by atoms with E-state index in [9.17, 15) is 14.7 Å². The summed E-state index contributed by atoms with van der Waals surface area (Å²) < 4.78 is 0. The maximum Gasteiger partial charge on any atom is 0.309 e. The molecular formula is C12H22N2O3. The number of nitrogens with two attached hydrogens (primary N) is 1. The fourth-order valence-corrected chi connectivity index (χ4v) is 2.29. The van der Waals surface area contributed by atoms with Gasteiger partial charge in [0.25, 0.3) is 0 Å². The molecule has 0 aromatic rings. The van der Waals surface area contributed by atoms with Gasteiger partial charge in [0, 0.05) is 25.6 Å². The van der Waals surface area contributed by atoms with Gasteiger partial charge < -0.3 is 15.7 Å². The van der Waals surface area contributed by atoms with Crippen LogP contribution in [0, 0.1) is 11.3 Å². The van der Waals surface area contributed by atoms with Gasteiger partial charge in [-0.05, 0) is 19.3 Å². The van der Waals surface area contributed by atoms with Gasteiger partial charge in [0.1, 0.15) is 0 Å². The molecule has 1 saturated heterocycles. The maximum atomic E-state index is 11.9. The van der Waals surface area contributed by atoms with Gasteiger partial charge in [-0.2, -0.15) is 0 Å². The zero-order valence-corrected chi connectivity index (χ0v) is 10.6. The van der Waals surface area contributed by atoms with E-state index < -0.39 is 11.4 Å². The second kappa shape index (κ2) is 5.49. The fourth-order valence-electron chi connectivity index (χ4n) is 2.29. The van der Waals surface area contributed by atoms with Crippen molar-refractivity contribution in [2.45, 2.75) is 33.1 Å². The van der Waals surface area contributed by atoms with Gasteiger partial charge >= 0.3 is 5.97 Å². The molecule has 3 N–H and O–H groups in total.